The van der Waals surface area contributed by atoms with Crippen LogP contribution in [0.3, 0.4) is 0 Å². The quantitative estimate of drug-likeness (QED) is 0.699. The van der Waals surface area contributed by atoms with Gasteiger partial charge in [-0.05, 0) is 68.2 Å². The Bertz CT molecular complexity index is 795. The third-order valence-electron chi connectivity index (χ3n) is 6.44. The zero-order valence-electron chi connectivity index (χ0n) is 13.7. The Kier molecular flexibility index (Phi) is 2.98. The van der Waals surface area contributed by atoms with Gasteiger partial charge >= 0.3 is 0 Å². The average molecular weight is 324 g/mol. The number of H-pyrrole nitrogens is 1. The van der Waals surface area contributed by atoms with E-state index >= 15 is 0 Å². The molecule has 0 aromatic carbocycles. The van der Waals surface area contributed by atoms with E-state index in [1.165, 1.54) is 12.8 Å². The molecule has 24 heavy (non-hydrogen) atoms. The molecule has 4 saturated carbocycles. The second-order valence-electron chi connectivity index (χ2n) is 8.05. The van der Waals surface area contributed by atoms with Crippen molar-refractivity contribution in [3.63, 3.8) is 0 Å². The SMILES string of the molecule is N/C=C/c1cnc2[nH]ccc2c1N[C@H]1C2CC3CC1C[C@@](O)(C3)C2. The van der Waals surface area contributed by atoms with Crippen LogP contribution in [-0.2, 0) is 0 Å². The lowest BCUT2D eigenvalue weighted by molar-refractivity contribution is -0.129. The Morgan fingerprint density at radius 2 is 2.08 bits per heavy atom. The Hall–Kier alpha value is -2.01. The highest BCUT2D eigenvalue weighted by molar-refractivity contribution is 5.94. The molecule has 4 bridgehead atoms. The Labute approximate surface area is 141 Å². The van der Waals surface area contributed by atoms with Gasteiger partial charge in [0.1, 0.15) is 5.65 Å². The fourth-order valence-electron chi connectivity index (χ4n) is 5.80. The Balaban J connectivity index is 1.53. The molecule has 5 N–H and O–H groups in total. The van der Waals surface area contributed by atoms with E-state index in [-0.39, 0.29) is 0 Å². The van der Waals surface area contributed by atoms with Gasteiger partial charge in [-0.15, -0.1) is 0 Å². The molecular formula is C19H24N4O. The zero-order valence-corrected chi connectivity index (χ0v) is 13.7. The molecule has 0 radical (unpaired) electrons. The molecule has 2 aromatic rings. The van der Waals surface area contributed by atoms with Crippen molar-refractivity contribution in [3.05, 3.63) is 30.2 Å². The van der Waals surface area contributed by atoms with Gasteiger partial charge in [0.15, 0.2) is 0 Å². The lowest BCUT2D eigenvalue weighted by Gasteiger charge is -2.58. The van der Waals surface area contributed by atoms with Crippen molar-refractivity contribution in [1.29, 1.82) is 0 Å². The molecule has 4 aliphatic rings. The van der Waals surface area contributed by atoms with E-state index in [0.29, 0.717) is 17.9 Å². The van der Waals surface area contributed by atoms with Gasteiger partial charge < -0.3 is 21.1 Å². The summed E-state index contributed by atoms with van der Waals surface area (Å²) in [5, 5.41) is 15.7. The first-order valence-corrected chi connectivity index (χ1v) is 8.98. The second-order valence-corrected chi connectivity index (χ2v) is 8.05. The van der Waals surface area contributed by atoms with Gasteiger partial charge in [0.2, 0.25) is 0 Å². The van der Waals surface area contributed by atoms with Gasteiger partial charge in [-0.3, -0.25) is 0 Å². The molecule has 0 aliphatic heterocycles. The lowest BCUT2D eigenvalue weighted by atomic mass is 9.52. The topological polar surface area (TPSA) is 87.0 Å². The highest BCUT2D eigenvalue weighted by Crippen LogP contribution is 2.56. The highest BCUT2D eigenvalue weighted by atomic mass is 16.3. The van der Waals surface area contributed by atoms with E-state index in [2.05, 4.69) is 21.4 Å². The summed E-state index contributed by atoms with van der Waals surface area (Å²) in [5.74, 6) is 1.86. The van der Waals surface area contributed by atoms with Crippen LogP contribution in [0.15, 0.2) is 24.7 Å². The van der Waals surface area contributed by atoms with Gasteiger partial charge in [0.25, 0.3) is 0 Å². The molecular weight excluding hydrogens is 300 g/mol. The summed E-state index contributed by atoms with van der Waals surface area (Å²) in [4.78, 5) is 7.66. The minimum Gasteiger partial charge on any atom is -0.405 e. The third-order valence-corrected chi connectivity index (χ3v) is 6.44. The maximum Gasteiger partial charge on any atom is 0.139 e. The minimum absolute atomic E-state index is 0.393. The maximum absolute atomic E-state index is 10.8. The standard InChI is InChI=1S/C19H24N4O/c20-3-1-12-10-22-18-15(2-4-21-18)17(12)23-16-13-5-11-6-14(16)9-19(24,7-11)8-13/h1-4,10-11,13-14,16,24H,5-9,20H2,(H2,21,22,23)/b3-1+/t11?,13?,14?,16-,19+. The van der Waals surface area contributed by atoms with Crippen molar-refractivity contribution >= 4 is 22.8 Å². The number of aromatic amines is 1. The first kappa shape index (κ1) is 14.3. The van der Waals surface area contributed by atoms with Gasteiger partial charge in [-0.1, -0.05) is 0 Å². The Morgan fingerprint density at radius 3 is 2.79 bits per heavy atom. The predicted octanol–water partition coefficient (Wildman–Crippen LogP) is 2.84. The van der Waals surface area contributed by atoms with Crippen molar-refractivity contribution < 1.29 is 5.11 Å². The molecule has 2 atom stereocenters. The van der Waals surface area contributed by atoms with Gasteiger partial charge in [-0.2, -0.15) is 0 Å². The third kappa shape index (κ3) is 2.07. The number of aliphatic hydroxyl groups is 1. The molecule has 4 fully saturated rings. The van der Waals surface area contributed by atoms with E-state index in [1.54, 1.807) is 6.20 Å². The van der Waals surface area contributed by atoms with Crippen LogP contribution in [0.1, 0.15) is 37.7 Å². The number of pyridine rings is 1. The van der Waals surface area contributed by atoms with Crippen LogP contribution in [0, 0.1) is 17.8 Å². The normalized spacial score (nSPS) is 37.5. The molecule has 0 saturated heterocycles. The molecule has 4 aliphatic carbocycles. The summed E-state index contributed by atoms with van der Waals surface area (Å²) in [7, 11) is 0. The summed E-state index contributed by atoms with van der Waals surface area (Å²) in [5.41, 5.74) is 8.29. The van der Waals surface area contributed by atoms with E-state index < -0.39 is 5.60 Å². The first-order chi connectivity index (χ1) is 11.6. The summed E-state index contributed by atoms with van der Waals surface area (Å²) in [6, 6.07) is 2.51. The number of hydrogen-bond acceptors (Lipinski definition) is 4. The predicted molar refractivity (Wildman–Crippen MR) is 95.2 cm³/mol. The molecule has 6 rings (SSSR count). The van der Waals surface area contributed by atoms with E-state index in [9.17, 15) is 5.11 Å². The number of nitrogens with one attached hydrogen (secondary N) is 2. The highest BCUT2D eigenvalue weighted by Gasteiger charge is 2.54. The number of hydrogen-bond donors (Lipinski definition) is 4. The summed E-state index contributed by atoms with van der Waals surface area (Å²) >= 11 is 0. The number of anilines is 1. The van der Waals surface area contributed by atoms with E-state index in [0.717, 1.165) is 47.5 Å². The first-order valence-electron chi connectivity index (χ1n) is 8.98. The van der Waals surface area contributed by atoms with Crippen LogP contribution in [0.5, 0.6) is 0 Å². The van der Waals surface area contributed by atoms with Crippen LogP contribution in [0.25, 0.3) is 17.1 Å². The molecule has 0 spiro atoms. The van der Waals surface area contributed by atoms with Crippen molar-refractivity contribution in [3.8, 4) is 0 Å². The van der Waals surface area contributed by atoms with Crippen molar-refractivity contribution in [2.75, 3.05) is 5.32 Å². The average Bonchev–Trinajstić information content (AvgIpc) is 2.99. The van der Waals surface area contributed by atoms with Crippen molar-refractivity contribution in [2.45, 2.75) is 43.7 Å². The largest absolute Gasteiger partial charge is 0.405 e. The van der Waals surface area contributed by atoms with Crippen LogP contribution < -0.4 is 11.1 Å². The van der Waals surface area contributed by atoms with Crippen LogP contribution in [0.4, 0.5) is 5.69 Å². The summed E-state index contributed by atoms with van der Waals surface area (Å²) in [6.07, 6.45) is 12.7. The second kappa shape index (κ2) is 4.99. The van der Waals surface area contributed by atoms with Crippen molar-refractivity contribution in [2.24, 2.45) is 23.5 Å². The number of nitrogens with two attached hydrogens (primary N) is 1. The monoisotopic (exact) mass is 324 g/mol. The molecule has 2 heterocycles. The molecule has 5 heteroatoms. The van der Waals surface area contributed by atoms with Crippen LogP contribution >= 0.6 is 0 Å². The van der Waals surface area contributed by atoms with Crippen LogP contribution in [-0.4, -0.2) is 26.7 Å². The van der Waals surface area contributed by atoms with Gasteiger partial charge in [0.05, 0.1) is 11.3 Å². The number of fused-ring (bicyclic) bond motifs is 1. The van der Waals surface area contributed by atoms with E-state index in [4.69, 9.17) is 5.73 Å². The number of nitrogens with zero attached hydrogens (tertiary/aromatic N) is 1. The smallest absolute Gasteiger partial charge is 0.139 e. The zero-order chi connectivity index (χ0) is 16.3. The maximum atomic E-state index is 10.8. The molecule has 2 unspecified atom stereocenters. The fourth-order valence-corrected chi connectivity index (χ4v) is 5.80. The fraction of sp³-hybridized carbons (Fsp3) is 0.526. The summed E-state index contributed by atoms with van der Waals surface area (Å²) in [6.45, 7) is 0. The van der Waals surface area contributed by atoms with Crippen molar-refractivity contribution in [1.82, 2.24) is 9.97 Å². The number of rotatable bonds is 3. The lowest BCUT2D eigenvalue weighted by Crippen LogP contribution is -2.59. The minimum atomic E-state index is -0.393. The number of aromatic nitrogens is 2. The Morgan fingerprint density at radius 1 is 1.29 bits per heavy atom. The molecule has 0 amide bonds. The van der Waals surface area contributed by atoms with E-state index in [1.807, 2.05) is 18.5 Å². The van der Waals surface area contributed by atoms with Gasteiger partial charge in [0, 0.05) is 29.4 Å². The van der Waals surface area contributed by atoms with Crippen LogP contribution in [0.2, 0.25) is 0 Å². The molecule has 126 valence electrons. The van der Waals surface area contributed by atoms with Gasteiger partial charge in [-0.25, -0.2) is 4.98 Å². The molecule has 2 aromatic heterocycles. The summed E-state index contributed by atoms with van der Waals surface area (Å²) < 4.78 is 0. The molecule has 5 nitrogen and oxygen atoms in total.